The van der Waals surface area contributed by atoms with Crippen LogP contribution >= 0.6 is 0 Å². The molecule has 4 aliphatic carbocycles. The second kappa shape index (κ2) is 9.58. The topological polar surface area (TPSA) is 61.8 Å². The van der Waals surface area contributed by atoms with Gasteiger partial charge in [0.15, 0.2) is 20.8 Å². The van der Waals surface area contributed by atoms with Gasteiger partial charge in [-0.05, 0) is 92.5 Å². The molecule has 3 aromatic rings. The Labute approximate surface area is 225 Å². The van der Waals surface area contributed by atoms with Crippen LogP contribution in [-0.2, 0) is 30.0 Å². The number of benzene rings is 3. The average Bonchev–Trinajstić information content (AvgIpc) is 3.25. The van der Waals surface area contributed by atoms with Crippen LogP contribution in [0.5, 0.6) is 5.75 Å². The van der Waals surface area contributed by atoms with Crippen molar-refractivity contribution in [1.29, 1.82) is 0 Å². The molecule has 0 aromatic heterocycles. The summed E-state index contributed by atoms with van der Waals surface area (Å²) in [4.78, 5) is 29.2. The highest BCUT2D eigenvalue weighted by atomic mass is 32.2. The van der Waals surface area contributed by atoms with Crippen LogP contribution in [0.3, 0.4) is 0 Å². The number of carbonyl (C=O) groups excluding carboxylic acids is 2. The molecule has 38 heavy (non-hydrogen) atoms. The summed E-state index contributed by atoms with van der Waals surface area (Å²) in [6, 6.07) is 28.5. The van der Waals surface area contributed by atoms with Crippen molar-refractivity contribution in [3.8, 4) is 5.75 Å². The zero-order chi connectivity index (χ0) is 25.7. The third kappa shape index (κ3) is 4.24. The van der Waals surface area contributed by atoms with Gasteiger partial charge < -0.3 is 14.2 Å². The number of hydrogen-bond donors (Lipinski definition) is 0. The van der Waals surface area contributed by atoms with E-state index in [1.54, 1.807) is 0 Å². The summed E-state index contributed by atoms with van der Waals surface area (Å²) in [5.74, 6) is 0.743. The van der Waals surface area contributed by atoms with Crippen molar-refractivity contribution in [3.63, 3.8) is 0 Å². The van der Waals surface area contributed by atoms with E-state index in [0.717, 1.165) is 42.4 Å². The SMILES string of the molecule is O=C(CC1OC2(OC1=O)C1CC3CC(C1)CC2C3)Oc1ccc([S+](c2ccccc2)c2ccccc2)cc1. The lowest BCUT2D eigenvalue weighted by molar-refractivity contribution is -0.290. The molecule has 4 bridgehead atoms. The average molecular weight is 528 g/mol. The molecular formula is C32H31O5S+. The molecule has 4 saturated carbocycles. The summed E-state index contributed by atoms with van der Waals surface area (Å²) in [6.07, 6.45) is 4.56. The van der Waals surface area contributed by atoms with E-state index >= 15 is 0 Å². The van der Waals surface area contributed by atoms with Crippen LogP contribution in [0.2, 0.25) is 0 Å². The first-order valence-corrected chi connectivity index (χ1v) is 14.9. The molecule has 0 radical (unpaired) electrons. The Morgan fingerprint density at radius 3 is 1.84 bits per heavy atom. The van der Waals surface area contributed by atoms with Crippen molar-refractivity contribution in [3.05, 3.63) is 84.9 Å². The molecule has 1 aliphatic heterocycles. The van der Waals surface area contributed by atoms with E-state index in [-0.39, 0.29) is 29.2 Å². The quantitative estimate of drug-likeness (QED) is 0.218. The lowest BCUT2D eigenvalue weighted by Crippen LogP contribution is -2.58. The first-order valence-electron chi connectivity index (χ1n) is 13.6. The third-order valence-corrected chi connectivity index (χ3v) is 11.0. The molecule has 6 heteroatoms. The van der Waals surface area contributed by atoms with Crippen LogP contribution in [0.1, 0.15) is 38.5 Å². The molecule has 1 atom stereocenters. The van der Waals surface area contributed by atoms with Crippen molar-refractivity contribution in [1.82, 2.24) is 0 Å². The summed E-state index contributed by atoms with van der Waals surface area (Å²) >= 11 is 0. The fraction of sp³-hybridized carbons (Fsp3) is 0.375. The molecule has 0 amide bonds. The van der Waals surface area contributed by atoms with E-state index in [9.17, 15) is 9.59 Å². The molecule has 1 unspecified atom stereocenters. The number of hydrogen-bond acceptors (Lipinski definition) is 5. The summed E-state index contributed by atoms with van der Waals surface area (Å²) in [7, 11) is -0.274. The minimum atomic E-state index is -0.888. The van der Waals surface area contributed by atoms with Gasteiger partial charge in [-0.1, -0.05) is 36.4 Å². The second-order valence-corrected chi connectivity index (χ2v) is 13.2. The van der Waals surface area contributed by atoms with Crippen molar-refractivity contribution >= 4 is 22.8 Å². The van der Waals surface area contributed by atoms with Crippen molar-refractivity contribution in [2.24, 2.45) is 23.7 Å². The third-order valence-electron chi connectivity index (χ3n) is 8.73. The summed E-state index contributed by atoms with van der Waals surface area (Å²) in [5, 5.41) is 0. The van der Waals surface area contributed by atoms with Gasteiger partial charge in [0.1, 0.15) is 5.75 Å². The summed E-state index contributed by atoms with van der Waals surface area (Å²) < 4.78 is 17.9. The predicted molar refractivity (Wildman–Crippen MR) is 142 cm³/mol. The van der Waals surface area contributed by atoms with Crippen LogP contribution < -0.4 is 4.74 Å². The lowest BCUT2D eigenvalue weighted by atomic mass is 9.53. The highest BCUT2D eigenvalue weighted by Gasteiger charge is 2.65. The van der Waals surface area contributed by atoms with Gasteiger partial charge in [-0.25, -0.2) is 4.79 Å². The van der Waals surface area contributed by atoms with Crippen LogP contribution in [0.25, 0.3) is 0 Å². The van der Waals surface area contributed by atoms with Gasteiger partial charge in [0.25, 0.3) is 0 Å². The highest BCUT2D eigenvalue weighted by Crippen LogP contribution is 2.61. The smallest absolute Gasteiger partial charge is 0.338 e. The maximum Gasteiger partial charge on any atom is 0.338 e. The van der Waals surface area contributed by atoms with Gasteiger partial charge in [-0.2, -0.15) is 0 Å². The predicted octanol–water partition coefficient (Wildman–Crippen LogP) is 6.17. The fourth-order valence-electron chi connectivity index (χ4n) is 7.33. The second-order valence-electron chi connectivity index (χ2n) is 11.1. The largest absolute Gasteiger partial charge is 0.430 e. The Morgan fingerprint density at radius 2 is 1.29 bits per heavy atom. The maximum absolute atomic E-state index is 12.8. The molecule has 5 nitrogen and oxygen atoms in total. The van der Waals surface area contributed by atoms with Crippen LogP contribution in [0.4, 0.5) is 0 Å². The molecule has 1 spiro atoms. The summed E-state index contributed by atoms with van der Waals surface area (Å²) in [5.41, 5.74) is 0. The van der Waals surface area contributed by atoms with Gasteiger partial charge >= 0.3 is 11.9 Å². The number of rotatable bonds is 6. The highest BCUT2D eigenvalue weighted by molar-refractivity contribution is 7.97. The zero-order valence-electron chi connectivity index (χ0n) is 21.2. The number of carbonyl (C=O) groups is 2. The molecule has 5 fully saturated rings. The van der Waals surface area contributed by atoms with E-state index in [1.807, 2.05) is 36.4 Å². The molecule has 194 valence electrons. The molecule has 1 heterocycles. The van der Waals surface area contributed by atoms with Gasteiger partial charge in [-0.15, -0.1) is 0 Å². The van der Waals surface area contributed by atoms with Crippen molar-refractivity contribution in [2.75, 3.05) is 0 Å². The minimum Gasteiger partial charge on any atom is -0.430 e. The van der Waals surface area contributed by atoms with Crippen LogP contribution in [-0.4, -0.2) is 23.8 Å². The van der Waals surface area contributed by atoms with E-state index < -0.39 is 23.8 Å². The number of esters is 2. The van der Waals surface area contributed by atoms with E-state index in [2.05, 4.69) is 48.5 Å². The van der Waals surface area contributed by atoms with Gasteiger partial charge in [-0.3, -0.25) is 4.79 Å². The first kappa shape index (κ1) is 24.0. The van der Waals surface area contributed by atoms with Crippen LogP contribution in [0.15, 0.2) is 99.6 Å². The lowest BCUT2D eigenvalue weighted by Gasteiger charge is -2.57. The van der Waals surface area contributed by atoms with Crippen molar-refractivity contribution in [2.45, 2.75) is 65.1 Å². The van der Waals surface area contributed by atoms with Crippen molar-refractivity contribution < 1.29 is 23.8 Å². The van der Waals surface area contributed by atoms with Crippen LogP contribution in [0, 0.1) is 23.7 Å². The Balaban J connectivity index is 1.03. The molecule has 5 aliphatic rings. The molecule has 1 saturated heterocycles. The van der Waals surface area contributed by atoms with Gasteiger partial charge in [0, 0.05) is 11.8 Å². The van der Waals surface area contributed by atoms with Gasteiger partial charge in [0.2, 0.25) is 5.79 Å². The minimum absolute atomic E-state index is 0.132. The fourth-order valence-corrected chi connectivity index (χ4v) is 9.42. The Kier molecular flexibility index (Phi) is 6.05. The van der Waals surface area contributed by atoms with Gasteiger partial charge in [0.05, 0.1) is 17.3 Å². The standard InChI is InChI=1S/C32H31O5S/c33-30(20-29-31(34)37-32(36-29)23-16-21-15-22(18-23)19-24(32)17-21)35-25-11-13-28(14-12-25)38(26-7-3-1-4-8-26)27-9-5-2-6-10-27/h1-14,21-24,29H,15-20H2/q+1. The molecular weight excluding hydrogens is 496 g/mol. The summed E-state index contributed by atoms with van der Waals surface area (Å²) in [6.45, 7) is 0. The van der Waals surface area contributed by atoms with E-state index in [0.29, 0.717) is 5.75 Å². The zero-order valence-corrected chi connectivity index (χ0v) is 22.0. The Bertz CT molecular complexity index is 1260. The molecule has 3 aromatic carbocycles. The Morgan fingerprint density at radius 1 is 0.763 bits per heavy atom. The maximum atomic E-state index is 12.8. The number of ether oxygens (including phenoxy) is 3. The monoisotopic (exact) mass is 527 g/mol. The van der Waals surface area contributed by atoms with E-state index in [4.69, 9.17) is 14.2 Å². The molecule has 0 N–H and O–H groups in total. The molecule has 8 rings (SSSR count). The normalized spacial score (nSPS) is 31.1. The Hall–Kier alpha value is -3.09. The first-order chi connectivity index (χ1) is 18.6. The van der Waals surface area contributed by atoms with E-state index in [1.165, 1.54) is 16.2 Å².